The first-order chi connectivity index (χ1) is 9.82. The summed E-state index contributed by atoms with van der Waals surface area (Å²) in [6.45, 7) is 1.58. The van der Waals surface area contributed by atoms with Crippen LogP contribution in [0.25, 0.3) is 0 Å². The number of hydrogen-bond acceptors (Lipinski definition) is 4. The number of carbonyl (C=O) groups is 2. The Labute approximate surface area is 117 Å². The molecule has 1 heterocycles. The molecule has 2 rings (SSSR count). The van der Waals surface area contributed by atoms with Crippen LogP contribution in [0, 0.1) is 6.92 Å². The highest BCUT2D eigenvalue weighted by Gasteiger charge is 2.42. The Balaban J connectivity index is 2.06. The van der Waals surface area contributed by atoms with E-state index in [0.29, 0.717) is 17.4 Å². The third-order valence-electron chi connectivity index (χ3n) is 3.04. The summed E-state index contributed by atoms with van der Waals surface area (Å²) in [5, 5.41) is 5.21. The SMILES string of the molecule is Cc1c(C=O)cccc1C(=O)NC1CC(C(F)(F)F)=NO1. The van der Waals surface area contributed by atoms with Gasteiger partial charge in [-0.1, -0.05) is 17.3 Å². The van der Waals surface area contributed by atoms with Gasteiger partial charge in [-0.3, -0.25) is 9.59 Å². The minimum absolute atomic E-state index is 0.198. The first-order valence-corrected chi connectivity index (χ1v) is 5.98. The average Bonchev–Trinajstić information content (AvgIpc) is 2.87. The molecule has 0 fully saturated rings. The van der Waals surface area contributed by atoms with Crippen molar-refractivity contribution >= 4 is 17.9 Å². The van der Waals surface area contributed by atoms with E-state index in [1.165, 1.54) is 18.2 Å². The topological polar surface area (TPSA) is 67.8 Å². The van der Waals surface area contributed by atoms with E-state index in [1.54, 1.807) is 6.92 Å². The number of alkyl halides is 3. The van der Waals surface area contributed by atoms with Gasteiger partial charge in [-0.25, -0.2) is 0 Å². The van der Waals surface area contributed by atoms with E-state index in [9.17, 15) is 22.8 Å². The standard InChI is InChI=1S/C13H11F3N2O3/c1-7-8(6-19)3-2-4-9(7)12(20)17-11-5-10(18-21-11)13(14,15)16/h2-4,6,11H,5H2,1H3,(H,17,20). The van der Waals surface area contributed by atoms with E-state index in [4.69, 9.17) is 0 Å². The van der Waals surface area contributed by atoms with Gasteiger partial charge in [0.2, 0.25) is 6.23 Å². The number of nitrogens with zero attached hydrogens (tertiary/aromatic N) is 1. The largest absolute Gasteiger partial charge is 0.432 e. The summed E-state index contributed by atoms with van der Waals surface area (Å²) in [4.78, 5) is 27.4. The fourth-order valence-corrected chi connectivity index (χ4v) is 1.87. The maximum atomic E-state index is 12.4. The first-order valence-electron chi connectivity index (χ1n) is 5.98. The molecular formula is C13H11F3N2O3. The second kappa shape index (κ2) is 5.55. The number of benzene rings is 1. The number of carbonyl (C=O) groups excluding carboxylic acids is 2. The highest BCUT2D eigenvalue weighted by molar-refractivity contribution is 5.98. The number of amides is 1. The van der Waals surface area contributed by atoms with Crippen molar-refractivity contribution in [3.05, 3.63) is 34.9 Å². The molecule has 112 valence electrons. The summed E-state index contributed by atoms with van der Waals surface area (Å²) in [5.74, 6) is -0.625. The molecule has 8 heteroatoms. The average molecular weight is 300 g/mol. The molecule has 0 spiro atoms. The van der Waals surface area contributed by atoms with E-state index in [1.807, 2.05) is 0 Å². The maximum absolute atomic E-state index is 12.4. The van der Waals surface area contributed by atoms with Gasteiger partial charge in [0.1, 0.15) is 6.29 Å². The second-order valence-corrected chi connectivity index (χ2v) is 4.45. The highest BCUT2D eigenvalue weighted by Crippen LogP contribution is 2.25. The Bertz CT molecular complexity index is 611. The van der Waals surface area contributed by atoms with Crippen LogP contribution in [0.2, 0.25) is 0 Å². The molecule has 0 bridgehead atoms. The number of nitrogens with one attached hydrogen (secondary N) is 1. The summed E-state index contributed by atoms with van der Waals surface area (Å²) < 4.78 is 37.2. The van der Waals surface area contributed by atoms with E-state index in [0.717, 1.165) is 0 Å². The van der Waals surface area contributed by atoms with Crippen molar-refractivity contribution in [1.29, 1.82) is 0 Å². The molecule has 1 aromatic rings. The summed E-state index contributed by atoms with van der Waals surface area (Å²) >= 11 is 0. The monoisotopic (exact) mass is 300 g/mol. The molecule has 1 amide bonds. The Hall–Kier alpha value is -2.38. The zero-order chi connectivity index (χ0) is 15.6. The lowest BCUT2D eigenvalue weighted by Gasteiger charge is -2.13. The number of oxime groups is 1. The van der Waals surface area contributed by atoms with Crippen LogP contribution < -0.4 is 5.32 Å². The molecule has 1 atom stereocenters. The fourth-order valence-electron chi connectivity index (χ4n) is 1.87. The molecule has 21 heavy (non-hydrogen) atoms. The van der Waals surface area contributed by atoms with E-state index < -0.39 is 30.4 Å². The van der Waals surface area contributed by atoms with Gasteiger partial charge in [-0.15, -0.1) is 0 Å². The van der Waals surface area contributed by atoms with Gasteiger partial charge in [0, 0.05) is 11.1 Å². The Kier molecular flexibility index (Phi) is 3.97. The van der Waals surface area contributed by atoms with Crippen LogP contribution in [-0.2, 0) is 4.84 Å². The minimum atomic E-state index is -4.58. The van der Waals surface area contributed by atoms with Gasteiger partial charge in [0.25, 0.3) is 5.91 Å². The van der Waals surface area contributed by atoms with E-state index in [2.05, 4.69) is 15.3 Å². The summed E-state index contributed by atoms with van der Waals surface area (Å²) in [5.41, 5.74) is -0.1000. The van der Waals surface area contributed by atoms with Gasteiger partial charge in [0.05, 0.1) is 6.42 Å². The quantitative estimate of drug-likeness (QED) is 0.870. The van der Waals surface area contributed by atoms with Crippen LogP contribution in [-0.4, -0.2) is 30.3 Å². The zero-order valence-electron chi connectivity index (χ0n) is 10.9. The molecule has 0 aliphatic carbocycles. The zero-order valence-corrected chi connectivity index (χ0v) is 10.9. The Morgan fingerprint density at radius 1 is 1.48 bits per heavy atom. The first kappa shape index (κ1) is 15.0. The van der Waals surface area contributed by atoms with E-state index in [-0.39, 0.29) is 5.56 Å². The maximum Gasteiger partial charge on any atom is 0.432 e. The van der Waals surface area contributed by atoms with Crippen molar-refractivity contribution in [2.24, 2.45) is 5.16 Å². The highest BCUT2D eigenvalue weighted by atomic mass is 19.4. The lowest BCUT2D eigenvalue weighted by molar-refractivity contribution is -0.0604. The smallest absolute Gasteiger partial charge is 0.370 e. The molecule has 1 N–H and O–H groups in total. The molecular weight excluding hydrogens is 289 g/mol. The predicted octanol–water partition coefficient (Wildman–Crippen LogP) is 2.20. The third-order valence-corrected chi connectivity index (χ3v) is 3.04. The lowest BCUT2D eigenvalue weighted by atomic mass is 10.0. The van der Waals surface area contributed by atoms with Gasteiger partial charge < -0.3 is 10.2 Å². The summed E-state index contributed by atoms with van der Waals surface area (Å²) in [7, 11) is 0. The second-order valence-electron chi connectivity index (χ2n) is 4.45. The number of aldehydes is 1. The molecule has 0 radical (unpaired) electrons. The lowest BCUT2D eigenvalue weighted by Crippen LogP contribution is -2.36. The van der Waals surface area contributed by atoms with Crippen molar-refractivity contribution in [3.63, 3.8) is 0 Å². The van der Waals surface area contributed by atoms with Crippen LogP contribution in [0.15, 0.2) is 23.4 Å². The molecule has 0 saturated carbocycles. The third kappa shape index (κ3) is 3.21. The Morgan fingerprint density at radius 3 is 2.76 bits per heavy atom. The van der Waals surface area contributed by atoms with Crippen molar-refractivity contribution in [1.82, 2.24) is 5.32 Å². The summed E-state index contributed by atoms with van der Waals surface area (Å²) in [6, 6.07) is 4.52. The van der Waals surface area contributed by atoms with Crippen molar-refractivity contribution in [2.75, 3.05) is 0 Å². The molecule has 0 aromatic heterocycles. The Morgan fingerprint density at radius 2 is 2.19 bits per heavy atom. The fraction of sp³-hybridized carbons (Fsp3) is 0.308. The predicted molar refractivity (Wildman–Crippen MR) is 67.0 cm³/mol. The van der Waals surface area contributed by atoms with Crippen LogP contribution in [0.5, 0.6) is 0 Å². The van der Waals surface area contributed by atoms with Gasteiger partial charge in [-0.2, -0.15) is 13.2 Å². The molecule has 1 aromatic carbocycles. The summed E-state index contributed by atoms with van der Waals surface area (Å²) in [6.07, 6.45) is -5.70. The van der Waals surface area contributed by atoms with Crippen LogP contribution >= 0.6 is 0 Å². The van der Waals surface area contributed by atoms with Gasteiger partial charge in [-0.05, 0) is 18.6 Å². The molecule has 1 aliphatic heterocycles. The van der Waals surface area contributed by atoms with Crippen LogP contribution in [0.3, 0.4) is 0 Å². The van der Waals surface area contributed by atoms with Crippen molar-refractivity contribution < 1.29 is 27.6 Å². The minimum Gasteiger partial charge on any atom is -0.370 e. The van der Waals surface area contributed by atoms with E-state index >= 15 is 0 Å². The molecule has 5 nitrogen and oxygen atoms in total. The van der Waals surface area contributed by atoms with Crippen LogP contribution in [0.1, 0.15) is 32.7 Å². The van der Waals surface area contributed by atoms with Gasteiger partial charge in [0.15, 0.2) is 5.71 Å². The van der Waals surface area contributed by atoms with Crippen molar-refractivity contribution in [2.45, 2.75) is 25.7 Å². The normalized spacial score (nSPS) is 17.9. The van der Waals surface area contributed by atoms with Gasteiger partial charge >= 0.3 is 6.18 Å². The molecule has 1 unspecified atom stereocenters. The van der Waals surface area contributed by atoms with Crippen molar-refractivity contribution in [3.8, 4) is 0 Å². The molecule has 0 saturated heterocycles. The number of halogens is 3. The number of rotatable bonds is 3. The van der Waals surface area contributed by atoms with Crippen LogP contribution in [0.4, 0.5) is 13.2 Å². The number of hydrogen-bond donors (Lipinski definition) is 1. The molecule has 1 aliphatic rings.